The van der Waals surface area contributed by atoms with Gasteiger partial charge in [0.15, 0.2) is 0 Å². The van der Waals surface area contributed by atoms with Crippen molar-refractivity contribution >= 4 is 7.52 Å². The monoisotopic (exact) mass is 309 g/mol. The van der Waals surface area contributed by atoms with E-state index in [2.05, 4.69) is 18.9 Å². The molecule has 0 spiro atoms. The summed E-state index contributed by atoms with van der Waals surface area (Å²) in [5.74, 6) is 0.392. The maximum absolute atomic E-state index is 13.0. The molecule has 2 rings (SSSR count). The molecule has 0 heterocycles. The van der Waals surface area contributed by atoms with E-state index in [1.165, 1.54) is 6.42 Å². The summed E-state index contributed by atoms with van der Waals surface area (Å²) in [5.41, 5.74) is 0.668. The van der Waals surface area contributed by atoms with E-state index in [0.29, 0.717) is 5.92 Å². The van der Waals surface area contributed by atoms with Crippen molar-refractivity contribution < 1.29 is 9.46 Å². The van der Waals surface area contributed by atoms with E-state index in [1.54, 1.807) is 0 Å². The van der Waals surface area contributed by atoms with Crippen molar-refractivity contribution in [3.05, 3.63) is 35.9 Å². The Hall–Kier alpha value is -0.630. The summed E-state index contributed by atoms with van der Waals surface area (Å²) in [6.45, 7) is 4.22. The molecule has 1 aromatic carbocycles. The van der Waals surface area contributed by atoms with E-state index in [0.717, 1.165) is 37.7 Å². The highest BCUT2D eigenvalue weighted by Crippen LogP contribution is 2.55. The maximum atomic E-state index is 13.0. The third-order valence-electron chi connectivity index (χ3n) is 4.27. The summed E-state index contributed by atoms with van der Waals surface area (Å²) < 4.78 is 13.0. The van der Waals surface area contributed by atoms with Crippen molar-refractivity contribution in [3.8, 4) is 0 Å². The minimum atomic E-state index is -3.40. The van der Waals surface area contributed by atoms with Gasteiger partial charge in [0.2, 0.25) is 0 Å². The third kappa shape index (κ3) is 4.95. The van der Waals surface area contributed by atoms with Crippen LogP contribution < -0.4 is 5.09 Å². The van der Waals surface area contributed by atoms with Gasteiger partial charge in [0.1, 0.15) is 0 Å². The van der Waals surface area contributed by atoms with Crippen molar-refractivity contribution in [2.75, 3.05) is 0 Å². The lowest BCUT2D eigenvalue weighted by molar-refractivity contribution is 0.374. The fourth-order valence-corrected chi connectivity index (χ4v) is 5.43. The van der Waals surface area contributed by atoms with Crippen LogP contribution in [0.2, 0.25) is 0 Å². The Bertz CT molecular complexity index is 469. The first-order chi connectivity index (χ1) is 9.99. The number of rotatable bonds is 6. The third-order valence-corrected chi connectivity index (χ3v) is 6.36. The molecule has 0 radical (unpaired) electrons. The van der Waals surface area contributed by atoms with Crippen LogP contribution in [-0.4, -0.2) is 10.9 Å². The van der Waals surface area contributed by atoms with Crippen molar-refractivity contribution in [1.29, 1.82) is 0 Å². The lowest BCUT2D eigenvalue weighted by Gasteiger charge is -2.31. The van der Waals surface area contributed by atoms with E-state index in [-0.39, 0.29) is 11.7 Å². The minimum absolute atomic E-state index is 0.202. The standard InChI is InChI=1S/C17H28NO2P/c1-14(2)13-17(15-9-5-3-6-10-15)21(19,20)18-16-11-7-4-8-12-16/h3,5-6,9-10,14,16-17H,4,7-8,11-13H2,1-2H3,(H2,18,19,20). The van der Waals surface area contributed by atoms with E-state index in [1.807, 2.05) is 30.3 Å². The molecule has 3 nitrogen and oxygen atoms in total. The van der Waals surface area contributed by atoms with Crippen LogP contribution in [0.15, 0.2) is 30.3 Å². The topological polar surface area (TPSA) is 49.3 Å². The second-order valence-electron chi connectivity index (χ2n) is 6.64. The predicted molar refractivity (Wildman–Crippen MR) is 88.5 cm³/mol. The zero-order chi connectivity index (χ0) is 15.3. The van der Waals surface area contributed by atoms with Crippen LogP contribution >= 0.6 is 7.52 Å². The molecule has 2 atom stereocenters. The summed E-state index contributed by atoms with van der Waals surface area (Å²) in [6, 6.07) is 9.99. The van der Waals surface area contributed by atoms with Crippen LogP contribution in [0, 0.1) is 5.92 Å². The van der Waals surface area contributed by atoms with Gasteiger partial charge in [-0.3, -0.25) is 4.57 Å². The van der Waals surface area contributed by atoms with E-state index in [4.69, 9.17) is 0 Å². The quantitative estimate of drug-likeness (QED) is 0.736. The highest BCUT2D eigenvalue weighted by atomic mass is 31.2. The number of nitrogens with one attached hydrogen (secondary N) is 1. The first kappa shape index (κ1) is 16.7. The number of hydrogen-bond acceptors (Lipinski definition) is 1. The largest absolute Gasteiger partial charge is 0.333 e. The first-order valence-corrected chi connectivity index (χ1v) is 9.87. The summed E-state index contributed by atoms with van der Waals surface area (Å²) in [4.78, 5) is 10.7. The zero-order valence-electron chi connectivity index (χ0n) is 13.2. The second-order valence-corrected chi connectivity index (χ2v) is 8.77. The molecule has 0 amide bonds. The molecule has 1 aliphatic rings. The summed E-state index contributed by atoms with van der Waals surface area (Å²) >= 11 is 0. The van der Waals surface area contributed by atoms with Gasteiger partial charge in [-0.1, -0.05) is 63.4 Å². The van der Waals surface area contributed by atoms with Gasteiger partial charge in [0.05, 0.1) is 5.66 Å². The van der Waals surface area contributed by atoms with Crippen LogP contribution in [0.25, 0.3) is 0 Å². The fourth-order valence-electron chi connectivity index (χ4n) is 3.19. The molecule has 0 aliphatic heterocycles. The zero-order valence-corrected chi connectivity index (χ0v) is 14.1. The Labute approximate surface area is 128 Å². The van der Waals surface area contributed by atoms with Crippen molar-refractivity contribution in [3.63, 3.8) is 0 Å². The molecule has 118 valence electrons. The molecule has 4 heteroatoms. The maximum Gasteiger partial charge on any atom is 0.274 e. The Morgan fingerprint density at radius 3 is 2.38 bits per heavy atom. The van der Waals surface area contributed by atoms with Gasteiger partial charge in [-0.05, 0) is 30.7 Å². The Balaban J connectivity index is 2.15. The van der Waals surface area contributed by atoms with Crippen molar-refractivity contribution in [1.82, 2.24) is 5.09 Å². The molecule has 1 aliphatic carbocycles. The molecule has 1 saturated carbocycles. The van der Waals surface area contributed by atoms with Gasteiger partial charge in [-0.2, -0.15) is 0 Å². The van der Waals surface area contributed by atoms with E-state index in [9.17, 15) is 9.46 Å². The van der Waals surface area contributed by atoms with Gasteiger partial charge < -0.3 is 4.89 Å². The SMILES string of the molecule is CC(C)CC(c1ccccc1)P(=O)(O)NC1CCCCC1. The van der Waals surface area contributed by atoms with E-state index < -0.39 is 7.52 Å². The lowest BCUT2D eigenvalue weighted by Crippen LogP contribution is -2.30. The van der Waals surface area contributed by atoms with Gasteiger partial charge in [-0.25, -0.2) is 5.09 Å². The lowest BCUT2D eigenvalue weighted by atomic mass is 9.96. The van der Waals surface area contributed by atoms with Gasteiger partial charge in [0.25, 0.3) is 7.52 Å². The minimum Gasteiger partial charge on any atom is -0.333 e. The second kappa shape index (κ2) is 7.58. The van der Waals surface area contributed by atoms with Crippen molar-refractivity contribution in [2.24, 2.45) is 5.92 Å². The van der Waals surface area contributed by atoms with E-state index >= 15 is 0 Å². The van der Waals surface area contributed by atoms with Crippen LogP contribution in [0.4, 0.5) is 0 Å². The molecule has 2 unspecified atom stereocenters. The molecule has 1 aromatic rings. The molecule has 21 heavy (non-hydrogen) atoms. The number of hydrogen-bond donors (Lipinski definition) is 2. The molecule has 1 fully saturated rings. The highest BCUT2D eigenvalue weighted by molar-refractivity contribution is 7.56. The van der Waals surface area contributed by atoms with Crippen LogP contribution in [0.1, 0.15) is 63.6 Å². The van der Waals surface area contributed by atoms with Gasteiger partial charge in [0, 0.05) is 6.04 Å². The van der Waals surface area contributed by atoms with Crippen LogP contribution in [-0.2, 0) is 4.57 Å². The Kier molecular flexibility index (Phi) is 6.04. The molecular weight excluding hydrogens is 281 g/mol. The molecule has 0 saturated heterocycles. The number of benzene rings is 1. The first-order valence-electron chi connectivity index (χ1n) is 8.14. The summed E-state index contributed by atoms with van der Waals surface area (Å²) in [5, 5.41) is 3.11. The van der Waals surface area contributed by atoms with Crippen LogP contribution in [0.3, 0.4) is 0 Å². The normalized spacial score (nSPS) is 21.1. The molecule has 0 aromatic heterocycles. The Morgan fingerprint density at radius 1 is 1.19 bits per heavy atom. The highest BCUT2D eigenvalue weighted by Gasteiger charge is 2.35. The summed E-state index contributed by atoms with van der Waals surface area (Å²) in [7, 11) is -3.40. The van der Waals surface area contributed by atoms with Gasteiger partial charge in [-0.15, -0.1) is 0 Å². The Morgan fingerprint density at radius 2 is 1.81 bits per heavy atom. The molecule has 2 N–H and O–H groups in total. The average Bonchev–Trinajstić information content (AvgIpc) is 2.46. The average molecular weight is 309 g/mol. The van der Waals surface area contributed by atoms with Crippen molar-refractivity contribution in [2.45, 2.75) is 64.1 Å². The fraction of sp³-hybridized carbons (Fsp3) is 0.647. The molecular formula is C17H28NO2P. The van der Waals surface area contributed by atoms with Crippen LogP contribution in [0.5, 0.6) is 0 Å². The van der Waals surface area contributed by atoms with Gasteiger partial charge >= 0.3 is 0 Å². The predicted octanol–water partition coefficient (Wildman–Crippen LogP) is 4.88. The summed E-state index contributed by atoms with van der Waals surface area (Å²) in [6.07, 6.45) is 6.36. The molecule has 0 bridgehead atoms. The smallest absolute Gasteiger partial charge is 0.274 e.